The molecule has 0 radical (unpaired) electrons. The molecule has 0 atom stereocenters. The molecule has 1 aliphatic carbocycles. The second-order valence-corrected chi connectivity index (χ2v) is 6.40. The maximum Gasteiger partial charge on any atom is 0.156 e. The van der Waals surface area contributed by atoms with Gasteiger partial charge in [-0.05, 0) is 49.5 Å². The van der Waals surface area contributed by atoms with Gasteiger partial charge in [-0.3, -0.25) is 4.79 Å². The van der Waals surface area contributed by atoms with Crippen LogP contribution in [-0.2, 0) is 4.79 Å². The first-order valence-electron chi connectivity index (χ1n) is 7.64. The normalized spacial score (nSPS) is 15.1. The Kier molecular flexibility index (Phi) is 6.02. The molecule has 0 saturated carbocycles. The Bertz CT molecular complexity index is 675. The predicted octanol–water partition coefficient (Wildman–Crippen LogP) is 5.78. The van der Waals surface area contributed by atoms with E-state index in [0.717, 1.165) is 12.0 Å². The Morgan fingerprint density at radius 2 is 2.05 bits per heavy atom. The molecule has 0 spiro atoms. The van der Waals surface area contributed by atoms with Crippen LogP contribution in [0.5, 0.6) is 0 Å². The Labute approximate surface area is 137 Å². The van der Waals surface area contributed by atoms with Gasteiger partial charge >= 0.3 is 0 Å². The highest BCUT2D eigenvalue weighted by Crippen LogP contribution is 2.35. The van der Waals surface area contributed by atoms with E-state index in [4.69, 9.17) is 0 Å². The van der Waals surface area contributed by atoms with E-state index in [1.54, 1.807) is 18.7 Å². The molecule has 0 bridgehead atoms. The van der Waals surface area contributed by atoms with Crippen molar-refractivity contribution < 1.29 is 4.79 Å². The second-order valence-electron chi connectivity index (χ2n) is 5.32. The summed E-state index contributed by atoms with van der Waals surface area (Å²) < 4.78 is 0. The smallest absolute Gasteiger partial charge is 0.156 e. The number of carbonyl (C=O) groups excluding carboxylic acids is 1. The van der Waals surface area contributed by atoms with E-state index in [2.05, 4.69) is 62.4 Å². The Morgan fingerprint density at radius 3 is 2.73 bits per heavy atom. The van der Waals surface area contributed by atoms with Crippen LogP contribution in [0.3, 0.4) is 0 Å². The van der Waals surface area contributed by atoms with Crippen LogP contribution < -0.4 is 0 Å². The Morgan fingerprint density at radius 1 is 1.27 bits per heavy atom. The summed E-state index contributed by atoms with van der Waals surface area (Å²) in [7, 11) is 0. The van der Waals surface area contributed by atoms with Gasteiger partial charge in [0.1, 0.15) is 0 Å². The minimum Gasteiger partial charge on any atom is -0.295 e. The maximum atomic E-state index is 11.5. The highest BCUT2D eigenvalue weighted by Gasteiger charge is 2.09. The lowest BCUT2D eigenvalue weighted by atomic mass is 10.1. The van der Waals surface area contributed by atoms with Gasteiger partial charge in [-0.2, -0.15) is 0 Å². The lowest BCUT2D eigenvalue weighted by Crippen LogP contribution is -1.93. The van der Waals surface area contributed by atoms with Crippen LogP contribution in [0.15, 0.2) is 75.6 Å². The minimum absolute atomic E-state index is 0.148. The first-order chi connectivity index (χ1) is 10.6. The summed E-state index contributed by atoms with van der Waals surface area (Å²) in [6, 6.07) is 8.43. The zero-order valence-electron chi connectivity index (χ0n) is 13.4. The average Bonchev–Trinajstić information content (AvgIpc) is 2.75. The van der Waals surface area contributed by atoms with Gasteiger partial charge in [-0.1, -0.05) is 67.3 Å². The maximum absolute atomic E-state index is 11.5. The molecule has 1 nitrogen and oxygen atoms in total. The zero-order chi connectivity index (χ0) is 15.9. The molecule has 0 fully saturated rings. The van der Waals surface area contributed by atoms with E-state index in [0.29, 0.717) is 6.42 Å². The van der Waals surface area contributed by atoms with E-state index < -0.39 is 0 Å². The number of ketones is 1. The molecule has 0 unspecified atom stereocenters. The van der Waals surface area contributed by atoms with E-state index >= 15 is 0 Å². The molecule has 2 rings (SSSR count). The fourth-order valence-corrected chi connectivity index (χ4v) is 3.36. The summed E-state index contributed by atoms with van der Waals surface area (Å²) in [5.74, 6) is 0.148. The zero-order valence-corrected chi connectivity index (χ0v) is 14.2. The van der Waals surface area contributed by atoms with Crippen molar-refractivity contribution in [1.29, 1.82) is 0 Å². The van der Waals surface area contributed by atoms with Crippen molar-refractivity contribution in [2.75, 3.05) is 0 Å². The van der Waals surface area contributed by atoms with E-state index in [1.165, 1.54) is 20.9 Å². The lowest BCUT2D eigenvalue weighted by molar-refractivity contribution is -0.113. The summed E-state index contributed by atoms with van der Waals surface area (Å²) in [5, 5.41) is 0. The summed E-state index contributed by atoms with van der Waals surface area (Å²) >= 11 is 1.79. The summed E-state index contributed by atoms with van der Waals surface area (Å²) in [5.41, 5.74) is 3.32. The van der Waals surface area contributed by atoms with Crippen molar-refractivity contribution in [3.8, 4) is 0 Å². The SMILES string of the molecule is CC/C=C(\Sc1ccccc1C)C1=CC=C(C(C)=O)CC=C1. The molecular formula is C20H22OS. The molecule has 0 amide bonds. The van der Waals surface area contributed by atoms with Crippen molar-refractivity contribution in [3.05, 3.63) is 76.3 Å². The second kappa shape index (κ2) is 8.00. The van der Waals surface area contributed by atoms with Crippen LogP contribution >= 0.6 is 11.8 Å². The largest absolute Gasteiger partial charge is 0.295 e. The number of hydrogen-bond donors (Lipinski definition) is 0. The standard InChI is InChI=1S/C20H22OS/c1-4-8-20(22-19-12-6-5-9-15(19)2)18-11-7-10-17(13-14-18)16(3)21/h5-9,11-14H,4,10H2,1-3H3/b20-8-. The van der Waals surface area contributed by atoms with E-state index in [1.807, 2.05) is 6.08 Å². The molecule has 1 aromatic carbocycles. The molecular weight excluding hydrogens is 288 g/mol. The van der Waals surface area contributed by atoms with Gasteiger partial charge < -0.3 is 0 Å². The number of rotatable bonds is 5. The van der Waals surface area contributed by atoms with Gasteiger partial charge in [-0.25, -0.2) is 0 Å². The molecule has 114 valence electrons. The van der Waals surface area contributed by atoms with Gasteiger partial charge in [0.05, 0.1) is 0 Å². The summed E-state index contributed by atoms with van der Waals surface area (Å²) in [6.07, 6.45) is 12.2. The third kappa shape index (κ3) is 4.35. The summed E-state index contributed by atoms with van der Waals surface area (Å²) in [4.78, 5) is 14.1. The molecule has 1 aliphatic rings. The molecule has 0 aromatic heterocycles. The van der Waals surface area contributed by atoms with Crippen LogP contribution in [-0.4, -0.2) is 5.78 Å². The Balaban J connectivity index is 2.31. The first-order valence-corrected chi connectivity index (χ1v) is 8.45. The third-order valence-corrected chi connectivity index (χ3v) is 4.84. The number of carbonyl (C=O) groups is 1. The van der Waals surface area contributed by atoms with Crippen molar-refractivity contribution in [2.24, 2.45) is 0 Å². The number of Topliss-reactive ketones (excluding diaryl/α,β-unsaturated/α-hetero) is 1. The molecule has 1 aromatic rings. The fourth-order valence-electron chi connectivity index (χ4n) is 2.25. The quantitative estimate of drug-likeness (QED) is 0.641. The minimum atomic E-state index is 0.148. The highest BCUT2D eigenvalue weighted by molar-refractivity contribution is 8.03. The van der Waals surface area contributed by atoms with Gasteiger partial charge in [0.25, 0.3) is 0 Å². The van der Waals surface area contributed by atoms with Crippen LogP contribution in [0.4, 0.5) is 0 Å². The van der Waals surface area contributed by atoms with Gasteiger partial charge in [-0.15, -0.1) is 0 Å². The molecule has 22 heavy (non-hydrogen) atoms. The molecule has 0 heterocycles. The van der Waals surface area contributed by atoms with Crippen LogP contribution in [0.2, 0.25) is 0 Å². The summed E-state index contributed by atoms with van der Waals surface area (Å²) in [6.45, 7) is 5.91. The first kappa shape index (κ1) is 16.6. The van der Waals surface area contributed by atoms with Gasteiger partial charge in [0, 0.05) is 9.80 Å². The molecule has 0 saturated heterocycles. The molecule has 0 N–H and O–H groups in total. The predicted molar refractivity (Wildman–Crippen MR) is 96.0 cm³/mol. The third-order valence-electron chi connectivity index (χ3n) is 3.54. The monoisotopic (exact) mass is 310 g/mol. The van der Waals surface area contributed by atoms with Gasteiger partial charge in [0.2, 0.25) is 0 Å². The van der Waals surface area contributed by atoms with Crippen molar-refractivity contribution in [1.82, 2.24) is 0 Å². The van der Waals surface area contributed by atoms with E-state index in [-0.39, 0.29) is 5.78 Å². The van der Waals surface area contributed by atoms with Gasteiger partial charge in [0.15, 0.2) is 5.78 Å². The lowest BCUT2D eigenvalue weighted by Gasteiger charge is -2.10. The van der Waals surface area contributed by atoms with Crippen molar-refractivity contribution in [3.63, 3.8) is 0 Å². The number of aryl methyl sites for hydroxylation is 1. The average molecular weight is 310 g/mol. The number of allylic oxidation sites excluding steroid dienone is 7. The fraction of sp³-hybridized carbons (Fsp3) is 0.250. The van der Waals surface area contributed by atoms with Crippen molar-refractivity contribution in [2.45, 2.75) is 38.5 Å². The molecule has 2 heteroatoms. The number of benzene rings is 1. The Hall–Kier alpha value is -1.80. The number of hydrogen-bond acceptors (Lipinski definition) is 2. The topological polar surface area (TPSA) is 17.1 Å². The van der Waals surface area contributed by atoms with E-state index in [9.17, 15) is 4.79 Å². The molecule has 0 aliphatic heterocycles. The van der Waals surface area contributed by atoms with Crippen molar-refractivity contribution >= 4 is 17.5 Å². The van der Waals surface area contributed by atoms with Crippen LogP contribution in [0, 0.1) is 6.92 Å². The van der Waals surface area contributed by atoms with Crippen LogP contribution in [0.1, 0.15) is 32.3 Å². The highest BCUT2D eigenvalue weighted by atomic mass is 32.2. The number of thioether (sulfide) groups is 1. The van der Waals surface area contributed by atoms with Crippen LogP contribution in [0.25, 0.3) is 0 Å².